The number of hydrogen-bond acceptors (Lipinski definition) is 3. The van der Waals surface area contributed by atoms with Gasteiger partial charge in [0.1, 0.15) is 5.82 Å². The van der Waals surface area contributed by atoms with Crippen molar-refractivity contribution in [2.24, 2.45) is 5.73 Å². The van der Waals surface area contributed by atoms with E-state index >= 15 is 0 Å². The van der Waals surface area contributed by atoms with Crippen molar-refractivity contribution in [3.05, 3.63) is 58.9 Å². The summed E-state index contributed by atoms with van der Waals surface area (Å²) in [4.78, 5) is 11.8. The highest BCUT2D eigenvalue weighted by Gasteiger charge is 2.06. The lowest BCUT2D eigenvalue weighted by Crippen LogP contribution is -2.13. The second-order valence-corrected chi connectivity index (χ2v) is 5.79. The van der Waals surface area contributed by atoms with Crippen molar-refractivity contribution in [1.29, 1.82) is 0 Å². The maximum Gasteiger partial charge on any atom is 0.227 e. The molecule has 6 heteroatoms. The van der Waals surface area contributed by atoms with E-state index in [0.29, 0.717) is 17.1 Å². The summed E-state index contributed by atoms with van der Waals surface area (Å²) in [7, 11) is 0. The van der Waals surface area contributed by atoms with Crippen molar-refractivity contribution in [2.45, 2.75) is 11.4 Å². The highest BCUT2D eigenvalue weighted by molar-refractivity contribution is 8.00. The Balaban J connectivity index is 2.07. The minimum absolute atomic E-state index is 0.202. The van der Waals surface area contributed by atoms with Crippen LogP contribution in [0.5, 0.6) is 0 Å². The third kappa shape index (κ3) is 4.65. The number of benzene rings is 2. The molecule has 0 aliphatic rings. The second-order valence-electron chi connectivity index (χ2n) is 4.34. The lowest BCUT2D eigenvalue weighted by molar-refractivity contribution is -0.115. The molecule has 0 aliphatic carbocycles. The van der Waals surface area contributed by atoms with Crippen LogP contribution in [-0.2, 0) is 11.3 Å². The monoisotopic (exact) mass is 324 g/mol. The number of hydrogen-bond donors (Lipinski definition) is 2. The number of amides is 1. The molecule has 3 nitrogen and oxygen atoms in total. The van der Waals surface area contributed by atoms with E-state index in [1.165, 1.54) is 17.8 Å². The molecule has 0 atom stereocenters. The van der Waals surface area contributed by atoms with Crippen LogP contribution in [0, 0.1) is 5.82 Å². The molecule has 2 rings (SSSR count). The Morgan fingerprint density at radius 2 is 2.05 bits per heavy atom. The summed E-state index contributed by atoms with van der Waals surface area (Å²) >= 11 is 7.07. The first-order valence-electron chi connectivity index (χ1n) is 6.24. The normalized spacial score (nSPS) is 10.4. The zero-order valence-electron chi connectivity index (χ0n) is 11.1. The summed E-state index contributed by atoms with van der Waals surface area (Å²) in [5.41, 5.74) is 6.50. The quantitative estimate of drug-likeness (QED) is 0.797. The molecule has 2 aromatic rings. The summed E-state index contributed by atoms with van der Waals surface area (Å²) < 4.78 is 13.7. The van der Waals surface area contributed by atoms with Crippen LogP contribution in [0.4, 0.5) is 10.1 Å². The number of nitrogens with one attached hydrogen (secondary N) is 1. The van der Waals surface area contributed by atoms with Gasteiger partial charge in [-0.2, -0.15) is 0 Å². The number of para-hydroxylation sites is 1. The molecule has 21 heavy (non-hydrogen) atoms. The zero-order valence-corrected chi connectivity index (χ0v) is 12.7. The molecular weight excluding hydrogens is 311 g/mol. The number of halogens is 2. The molecule has 110 valence electrons. The third-order valence-corrected chi connectivity index (χ3v) is 4.07. The minimum atomic E-state index is -0.376. The number of primary amides is 1. The molecule has 0 spiro atoms. The van der Waals surface area contributed by atoms with Crippen LogP contribution in [0.3, 0.4) is 0 Å². The highest BCUT2D eigenvalue weighted by Crippen LogP contribution is 2.27. The summed E-state index contributed by atoms with van der Waals surface area (Å²) in [5.74, 6) is -0.524. The molecule has 0 radical (unpaired) electrons. The predicted molar refractivity (Wildman–Crippen MR) is 85.1 cm³/mol. The van der Waals surface area contributed by atoms with Gasteiger partial charge in [0.05, 0.1) is 5.75 Å². The lowest BCUT2D eigenvalue weighted by atomic mass is 10.2. The molecule has 0 saturated heterocycles. The second kappa shape index (κ2) is 7.33. The maximum absolute atomic E-state index is 13.7. The number of rotatable bonds is 6. The van der Waals surface area contributed by atoms with Gasteiger partial charge in [-0.25, -0.2) is 4.39 Å². The Labute approximate surface area is 131 Å². The zero-order chi connectivity index (χ0) is 15.2. The van der Waals surface area contributed by atoms with Crippen LogP contribution in [-0.4, -0.2) is 11.7 Å². The van der Waals surface area contributed by atoms with Crippen LogP contribution in [0.15, 0.2) is 47.4 Å². The van der Waals surface area contributed by atoms with Crippen molar-refractivity contribution in [1.82, 2.24) is 0 Å². The van der Waals surface area contributed by atoms with Gasteiger partial charge in [0.25, 0.3) is 0 Å². The molecule has 0 fully saturated rings. The largest absolute Gasteiger partial charge is 0.380 e. The van der Waals surface area contributed by atoms with Crippen LogP contribution in [0.1, 0.15) is 5.56 Å². The van der Waals surface area contributed by atoms with E-state index in [0.717, 1.165) is 10.6 Å². The SMILES string of the molecule is NC(=O)CSc1ccccc1NCc1ccc(Cl)cc1F. The van der Waals surface area contributed by atoms with Gasteiger partial charge in [0, 0.05) is 27.7 Å². The average molecular weight is 325 g/mol. The fourth-order valence-electron chi connectivity index (χ4n) is 1.74. The Bertz CT molecular complexity index is 651. The van der Waals surface area contributed by atoms with Crippen molar-refractivity contribution in [2.75, 3.05) is 11.1 Å². The molecule has 1 amide bonds. The fraction of sp³-hybridized carbons (Fsp3) is 0.133. The van der Waals surface area contributed by atoms with Gasteiger partial charge in [-0.05, 0) is 24.3 Å². The molecule has 0 heterocycles. The Morgan fingerprint density at radius 1 is 1.29 bits per heavy atom. The number of carbonyl (C=O) groups is 1. The van der Waals surface area contributed by atoms with Crippen LogP contribution in [0.2, 0.25) is 5.02 Å². The van der Waals surface area contributed by atoms with E-state index in [2.05, 4.69) is 5.32 Å². The van der Waals surface area contributed by atoms with Crippen LogP contribution >= 0.6 is 23.4 Å². The standard InChI is InChI=1S/C15H14ClFN2OS/c16-11-6-5-10(12(17)7-11)8-19-13-3-1-2-4-14(13)21-9-15(18)20/h1-7,19H,8-9H2,(H2,18,20). The van der Waals surface area contributed by atoms with E-state index in [9.17, 15) is 9.18 Å². The number of nitrogens with two attached hydrogens (primary N) is 1. The van der Waals surface area contributed by atoms with Gasteiger partial charge in [0.2, 0.25) is 5.91 Å². The summed E-state index contributed by atoms with van der Waals surface area (Å²) in [6.45, 7) is 0.331. The van der Waals surface area contributed by atoms with Gasteiger partial charge in [-0.1, -0.05) is 29.8 Å². The Hall–Kier alpha value is -1.72. The summed E-state index contributed by atoms with van der Waals surface area (Å²) in [5, 5.41) is 3.53. The fourth-order valence-corrected chi connectivity index (χ4v) is 2.67. The van der Waals surface area contributed by atoms with E-state index in [1.807, 2.05) is 24.3 Å². The van der Waals surface area contributed by atoms with Crippen molar-refractivity contribution in [3.8, 4) is 0 Å². The summed E-state index contributed by atoms with van der Waals surface area (Å²) in [6, 6.07) is 12.1. The minimum Gasteiger partial charge on any atom is -0.380 e. The van der Waals surface area contributed by atoms with Crippen LogP contribution < -0.4 is 11.1 Å². The van der Waals surface area contributed by atoms with Gasteiger partial charge in [-0.3, -0.25) is 4.79 Å². The van der Waals surface area contributed by atoms with E-state index in [-0.39, 0.29) is 17.5 Å². The molecule has 0 unspecified atom stereocenters. The van der Waals surface area contributed by atoms with Crippen molar-refractivity contribution < 1.29 is 9.18 Å². The Morgan fingerprint density at radius 3 is 2.76 bits per heavy atom. The van der Waals surface area contributed by atoms with E-state index < -0.39 is 0 Å². The van der Waals surface area contributed by atoms with Gasteiger partial charge in [-0.15, -0.1) is 11.8 Å². The topological polar surface area (TPSA) is 55.1 Å². The van der Waals surface area contributed by atoms with Gasteiger partial charge in [0.15, 0.2) is 0 Å². The smallest absolute Gasteiger partial charge is 0.227 e. The van der Waals surface area contributed by atoms with Gasteiger partial charge < -0.3 is 11.1 Å². The number of thioether (sulfide) groups is 1. The summed E-state index contributed by atoms with van der Waals surface area (Å²) in [6.07, 6.45) is 0. The van der Waals surface area contributed by atoms with Crippen molar-refractivity contribution >= 4 is 35.0 Å². The molecular formula is C15H14ClFN2OS. The number of anilines is 1. The maximum atomic E-state index is 13.7. The molecule has 0 aliphatic heterocycles. The molecule has 0 bridgehead atoms. The van der Waals surface area contributed by atoms with E-state index in [1.54, 1.807) is 12.1 Å². The molecule has 2 aromatic carbocycles. The third-order valence-electron chi connectivity index (χ3n) is 2.74. The first-order chi connectivity index (χ1) is 10.1. The predicted octanol–water partition coefficient (Wildman–Crippen LogP) is 3.67. The first kappa shape index (κ1) is 15.7. The molecule has 0 aromatic heterocycles. The number of carbonyl (C=O) groups excluding carboxylic acids is 1. The van der Waals surface area contributed by atoms with Crippen molar-refractivity contribution in [3.63, 3.8) is 0 Å². The van der Waals surface area contributed by atoms with E-state index in [4.69, 9.17) is 17.3 Å². The molecule has 0 saturated carbocycles. The van der Waals surface area contributed by atoms with Crippen LogP contribution in [0.25, 0.3) is 0 Å². The first-order valence-corrected chi connectivity index (χ1v) is 7.60. The Kier molecular flexibility index (Phi) is 5.47. The lowest BCUT2D eigenvalue weighted by Gasteiger charge is -2.11. The molecule has 3 N–H and O–H groups in total. The highest BCUT2D eigenvalue weighted by atomic mass is 35.5. The average Bonchev–Trinajstić information content (AvgIpc) is 2.45. The van der Waals surface area contributed by atoms with Gasteiger partial charge >= 0.3 is 0 Å².